The number of fused-ring (bicyclic) bond motifs is 4. The molecule has 0 aliphatic carbocycles. The SMILES string of the molecule is [2H]c1cc(-c2c([2H])c([2H])c([2H])c([2H])c2[2H])c([2H])c2c1N(c1c([2H])c([2H])c(-c3c([2H])c([2H])c([2H])c([2H])c3[2H])c([2H])c1[2H])c1c([2H])c(-c3c([2H])c([2H])c([2H])c([2H])c3[2H])c([2H])c3c1B2c1c([2H])c(-c2c([2H])c([2H])c([2H])c([2H])c2[2H])c([2H])c(C#N)c1N3c1c([2H])c([2H])c(-c2c([2H])c([2H])c([2H])c([2H])c2[2H])c([2H])c1[2H]. The molecule has 0 saturated carbocycles. The lowest BCUT2D eigenvalue weighted by atomic mass is 9.33. The summed E-state index contributed by atoms with van der Waals surface area (Å²) < 4.78 is 362. The number of nitriles is 1. The lowest BCUT2D eigenvalue weighted by Crippen LogP contribution is -2.61. The summed E-state index contributed by atoms with van der Waals surface area (Å²) in [4.78, 5) is 0.982. The normalized spacial score (nSPS) is 20.6. The zero-order chi connectivity index (χ0) is 77.2. The molecule has 302 valence electrons. The molecule has 4 heteroatoms. The van der Waals surface area contributed by atoms with E-state index in [2.05, 4.69) is 0 Å². The molecule has 0 saturated heterocycles. The van der Waals surface area contributed by atoms with E-state index in [1.54, 1.807) is 6.07 Å². The number of rotatable bonds is 7. The molecule has 2 aliphatic heterocycles. The molecule has 10 aromatic rings. The molecule has 10 aromatic carbocycles. The van der Waals surface area contributed by atoms with Gasteiger partial charge in [0.25, 0.3) is 6.71 Å². The lowest BCUT2D eigenvalue weighted by Gasteiger charge is -2.45. The molecule has 65 heavy (non-hydrogen) atoms. The van der Waals surface area contributed by atoms with Gasteiger partial charge in [-0.25, -0.2) is 0 Å². The van der Waals surface area contributed by atoms with Gasteiger partial charge in [-0.1, -0.05) is 193 Å². The molecule has 2 heterocycles. The fraction of sp³-hybridized carbons (Fsp3) is 0. The van der Waals surface area contributed by atoms with E-state index < -0.39 is 354 Å². The average Bonchev–Trinajstić information content (AvgIpc) is 0.665. The Hall–Kier alpha value is -8.65. The van der Waals surface area contributed by atoms with Crippen molar-refractivity contribution in [2.24, 2.45) is 0 Å². The van der Waals surface area contributed by atoms with Crippen LogP contribution in [0.3, 0.4) is 0 Å². The second kappa shape index (κ2) is 15.9. The van der Waals surface area contributed by atoms with E-state index in [1.165, 1.54) is 0 Å². The molecular weight excluding hydrogens is 786 g/mol. The van der Waals surface area contributed by atoms with Crippen molar-refractivity contribution in [3.05, 3.63) is 247 Å². The van der Waals surface area contributed by atoms with Crippen LogP contribution in [0.1, 0.15) is 59.0 Å². The van der Waals surface area contributed by atoms with Gasteiger partial charge in [-0.15, -0.1) is 0 Å². The molecule has 0 atom stereocenters. The summed E-state index contributed by atoms with van der Waals surface area (Å²) in [5.74, 6) is 0. The molecule has 0 unspecified atom stereocenters. The van der Waals surface area contributed by atoms with Gasteiger partial charge in [-0.2, -0.15) is 5.26 Å². The summed E-state index contributed by atoms with van der Waals surface area (Å²) >= 11 is 0. The highest BCUT2D eigenvalue weighted by Crippen LogP contribution is 2.48. The van der Waals surface area contributed by atoms with Crippen molar-refractivity contribution >= 4 is 57.2 Å². The summed E-state index contributed by atoms with van der Waals surface area (Å²) in [6.07, 6.45) is 0. The Bertz CT molecular complexity index is 5590. The van der Waals surface area contributed by atoms with E-state index >= 15 is 0 Å². The molecule has 0 radical (unpaired) electrons. The van der Waals surface area contributed by atoms with Crippen LogP contribution in [0.4, 0.5) is 34.1 Å². The van der Waals surface area contributed by atoms with Crippen LogP contribution in [0.2, 0.25) is 0 Å². The maximum Gasteiger partial charge on any atom is 0.252 e. The number of benzene rings is 10. The first kappa shape index (κ1) is 15.3. The molecule has 0 fully saturated rings. The fourth-order valence-electron chi connectivity index (χ4n) is 7.52. The van der Waals surface area contributed by atoms with Crippen LogP contribution in [-0.4, -0.2) is 6.71 Å². The zero-order valence-corrected chi connectivity index (χ0v) is 32.5. The van der Waals surface area contributed by atoms with Gasteiger partial charge in [0.1, 0.15) is 6.07 Å². The minimum atomic E-state index is -2.51. The van der Waals surface area contributed by atoms with Crippen molar-refractivity contribution in [2.45, 2.75) is 0 Å². The first-order chi connectivity index (χ1) is 48.4. The summed E-state index contributed by atoms with van der Waals surface area (Å²) in [6.45, 7) is -2.51. The van der Waals surface area contributed by atoms with Crippen LogP contribution >= 0.6 is 0 Å². The Morgan fingerprint density at radius 1 is 0.354 bits per heavy atom. The third-order valence-corrected chi connectivity index (χ3v) is 10.2. The van der Waals surface area contributed by atoms with Crippen molar-refractivity contribution in [3.8, 4) is 61.7 Å². The van der Waals surface area contributed by atoms with Gasteiger partial charge in [0.05, 0.1) is 64.7 Å². The molecule has 3 nitrogen and oxygen atoms in total. The second-order valence-corrected chi connectivity index (χ2v) is 13.8. The van der Waals surface area contributed by atoms with Crippen LogP contribution < -0.4 is 26.2 Å². The van der Waals surface area contributed by atoms with Crippen molar-refractivity contribution in [1.82, 2.24) is 0 Å². The van der Waals surface area contributed by atoms with Gasteiger partial charge in [0.15, 0.2) is 0 Å². The van der Waals surface area contributed by atoms with Gasteiger partial charge in [-0.05, 0) is 120 Å². The Kier molecular flexibility index (Phi) is 3.74. The van der Waals surface area contributed by atoms with E-state index in [9.17, 15) is 32.7 Å². The van der Waals surface area contributed by atoms with Crippen LogP contribution in [0.5, 0.6) is 0 Å². The zero-order valence-electron chi connectivity index (χ0n) is 71.5. The molecule has 12 rings (SSSR count). The van der Waals surface area contributed by atoms with Gasteiger partial charge < -0.3 is 9.80 Å². The maximum atomic E-state index is 11.9. The maximum absolute atomic E-state index is 11.9. The van der Waals surface area contributed by atoms with Gasteiger partial charge >= 0.3 is 0 Å². The third-order valence-electron chi connectivity index (χ3n) is 10.2. The summed E-state index contributed by atoms with van der Waals surface area (Å²) in [7, 11) is 0. The molecule has 0 amide bonds. The predicted octanol–water partition coefficient (Wildman–Crippen LogP) is 14.0. The predicted molar refractivity (Wildman–Crippen MR) is 272 cm³/mol. The quantitative estimate of drug-likeness (QED) is 0.150. The van der Waals surface area contributed by atoms with E-state index in [0.29, 0.717) is 15.9 Å². The third kappa shape index (κ3) is 6.61. The van der Waals surface area contributed by atoms with Crippen molar-refractivity contribution < 1.29 is 53.5 Å². The average molecular weight is 865 g/mol. The topological polar surface area (TPSA) is 30.3 Å². The van der Waals surface area contributed by atoms with Crippen LogP contribution in [0.25, 0.3) is 55.6 Å². The largest absolute Gasteiger partial charge is 0.311 e. The lowest BCUT2D eigenvalue weighted by molar-refractivity contribution is 1.25. The van der Waals surface area contributed by atoms with Gasteiger partial charge in [-0.3, -0.25) is 0 Å². The summed E-state index contributed by atoms with van der Waals surface area (Å²) in [6, 6.07) is -42.3. The summed E-state index contributed by atoms with van der Waals surface area (Å²) in [5.41, 5.74) is -20.5. The van der Waals surface area contributed by atoms with Gasteiger partial charge in [0, 0.05) is 28.4 Å². The van der Waals surface area contributed by atoms with Crippen molar-refractivity contribution in [2.75, 3.05) is 9.80 Å². The van der Waals surface area contributed by atoms with E-state index in [-0.39, 0.29) is 0 Å². The minimum absolute atomic E-state index is 0.461. The number of nitrogens with zero attached hydrogens (tertiary/aromatic N) is 3. The van der Waals surface area contributed by atoms with Crippen molar-refractivity contribution in [3.63, 3.8) is 0 Å². The van der Waals surface area contributed by atoms with E-state index in [0.717, 1.165) is 0 Å². The smallest absolute Gasteiger partial charge is 0.252 e. The Balaban J connectivity index is 1.43. The summed E-state index contributed by atoms with van der Waals surface area (Å²) in [5, 5.41) is 11.9. The number of hydrogen-bond donors (Lipinski definition) is 0. The Morgan fingerprint density at radius 3 is 1.22 bits per heavy atom. The standard InChI is InChI=1S/C61H40BN3/c63-41-52-36-50(45-22-12-4-13-23-45)38-56-61(52)65(54-33-28-48(29-34-54)43-18-8-2-9-19-43)59-40-51(46-24-14-5-15-25-46)39-58-60(59)62(56)55-37-49(44-20-10-3-11-21-44)30-35-57(55)64(58)53-31-26-47(27-32-53)42-16-6-1-7-17-42/h1-40H/i1D,2D,3D,4D,5D,6D,7D,8D,9D,10D,11D,12D,13D,14D,15D,16D,17D,18D,19D,20D,21D,22D,23D,24D,25D,26D,27D,28D,29D,31D,32D,33D,34D,35D,36D,37D,38D,39D,40D. The van der Waals surface area contributed by atoms with Gasteiger partial charge in [0.2, 0.25) is 0 Å². The van der Waals surface area contributed by atoms with Crippen LogP contribution in [0.15, 0.2) is 242 Å². The van der Waals surface area contributed by atoms with Crippen LogP contribution in [-0.2, 0) is 0 Å². The Morgan fingerprint density at radius 2 is 0.738 bits per heavy atom. The molecule has 0 N–H and O–H groups in total. The minimum Gasteiger partial charge on any atom is -0.311 e. The first-order valence-corrected chi connectivity index (χ1v) is 19.0. The monoisotopic (exact) mass is 865 g/mol. The highest BCUT2D eigenvalue weighted by atomic mass is 15.2. The number of hydrogen-bond acceptors (Lipinski definition) is 3. The van der Waals surface area contributed by atoms with E-state index in [4.69, 9.17) is 26.0 Å². The molecule has 0 bridgehead atoms. The molecular formula is C61H40BN3. The second-order valence-electron chi connectivity index (χ2n) is 13.8. The number of anilines is 6. The van der Waals surface area contributed by atoms with Crippen LogP contribution in [0, 0.1) is 11.3 Å². The Labute approximate surface area is 435 Å². The van der Waals surface area contributed by atoms with E-state index in [1.807, 2.05) is 0 Å². The first-order valence-electron chi connectivity index (χ1n) is 38.5. The highest BCUT2D eigenvalue weighted by molar-refractivity contribution is 7.00. The molecule has 2 aliphatic rings. The fourth-order valence-corrected chi connectivity index (χ4v) is 7.52. The van der Waals surface area contributed by atoms with Crippen molar-refractivity contribution in [1.29, 1.82) is 5.26 Å². The molecule has 0 spiro atoms. The molecule has 0 aromatic heterocycles. The highest BCUT2D eigenvalue weighted by Gasteiger charge is 2.45.